The molecule has 0 spiro atoms. The van der Waals surface area contributed by atoms with Crippen molar-refractivity contribution in [3.63, 3.8) is 0 Å². The molecule has 1 rings (SSSR count). The summed E-state index contributed by atoms with van der Waals surface area (Å²) in [6.45, 7) is 4.77. The highest BCUT2D eigenvalue weighted by Gasteiger charge is 2.36. The third-order valence-electron chi connectivity index (χ3n) is 3.08. The smallest absolute Gasteiger partial charge is 0.326 e. The van der Waals surface area contributed by atoms with Crippen molar-refractivity contribution in [3.8, 4) is 0 Å². The van der Waals surface area contributed by atoms with Gasteiger partial charge in [-0.25, -0.2) is 9.59 Å². The molecule has 0 radical (unpaired) electrons. The molecule has 1 atom stereocenters. The van der Waals surface area contributed by atoms with Gasteiger partial charge in [0.2, 0.25) is 0 Å². The second-order valence-corrected chi connectivity index (χ2v) is 5.14. The number of carbonyl (C=O) groups excluding carboxylic acids is 2. The van der Waals surface area contributed by atoms with Gasteiger partial charge in [-0.15, -0.1) is 0 Å². The molecule has 0 aromatic rings. The first-order chi connectivity index (χ1) is 9.27. The van der Waals surface area contributed by atoms with Gasteiger partial charge in [-0.3, -0.25) is 4.79 Å². The van der Waals surface area contributed by atoms with Gasteiger partial charge in [0.15, 0.2) is 0 Å². The van der Waals surface area contributed by atoms with Crippen LogP contribution < -0.4 is 5.32 Å². The molecule has 0 aliphatic carbocycles. The van der Waals surface area contributed by atoms with E-state index in [2.05, 4.69) is 10.1 Å². The maximum Gasteiger partial charge on any atom is 0.326 e. The van der Waals surface area contributed by atoms with E-state index in [0.29, 0.717) is 19.8 Å². The largest absolute Gasteiger partial charge is 0.480 e. The summed E-state index contributed by atoms with van der Waals surface area (Å²) in [5, 5.41) is 11.4. The van der Waals surface area contributed by atoms with Crippen LogP contribution in [0, 0.1) is 0 Å². The number of esters is 1. The Morgan fingerprint density at radius 2 is 2.10 bits per heavy atom. The molecule has 0 saturated carbocycles. The maximum atomic E-state index is 12.1. The van der Waals surface area contributed by atoms with Crippen LogP contribution in [-0.2, 0) is 19.1 Å². The van der Waals surface area contributed by atoms with Crippen molar-refractivity contribution in [2.75, 3.05) is 26.9 Å². The quantitative estimate of drug-likeness (QED) is 0.695. The van der Waals surface area contributed by atoms with E-state index in [1.807, 2.05) is 13.8 Å². The zero-order valence-corrected chi connectivity index (χ0v) is 11.8. The minimum atomic E-state index is -1.31. The molecule has 1 fully saturated rings. The molecule has 0 aromatic carbocycles. The van der Waals surface area contributed by atoms with Crippen LogP contribution in [0.3, 0.4) is 0 Å². The number of hydrogen-bond donors (Lipinski definition) is 2. The van der Waals surface area contributed by atoms with Crippen molar-refractivity contribution in [2.45, 2.75) is 31.8 Å². The highest BCUT2D eigenvalue weighted by molar-refractivity contribution is 5.86. The highest BCUT2D eigenvalue weighted by atomic mass is 16.5. The van der Waals surface area contributed by atoms with Gasteiger partial charge in [-0.1, -0.05) is 0 Å². The fourth-order valence-corrected chi connectivity index (χ4v) is 1.91. The number of methoxy groups -OCH3 is 1. The number of amides is 2. The number of nitrogens with zero attached hydrogens (tertiary/aromatic N) is 1. The number of aliphatic carboxylic acids is 1. The van der Waals surface area contributed by atoms with E-state index in [1.165, 1.54) is 4.90 Å². The minimum Gasteiger partial charge on any atom is -0.480 e. The van der Waals surface area contributed by atoms with Crippen LogP contribution in [0.2, 0.25) is 0 Å². The molecule has 1 heterocycles. The number of urea groups is 1. The van der Waals surface area contributed by atoms with Crippen molar-refractivity contribution in [3.05, 3.63) is 0 Å². The molecule has 1 saturated heterocycles. The normalized spacial score (nSPS) is 19.1. The summed E-state index contributed by atoms with van der Waals surface area (Å²) in [7, 11) is 1.16. The van der Waals surface area contributed by atoms with E-state index >= 15 is 0 Å². The van der Waals surface area contributed by atoms with Gasteiger partial charge >= 0.3 is 18.0 Å². The van der Waals surface area contributed by atoms with Gasteiger partial charge < -0.3 is 24.8 Å². The number of ether oxygens (including phenoxy) is 2. The predicted octanol–water partition coefficient (Wildman–Crippen LogP) is -0.177. The lowest BCUT2D eigenvalue weighted by Crippen LogP contribution is -2.60. The zero-order chi connectivity index (χ0) is 15.3. The van der Waals surface area contributed by atoms with Crippen LogP contribution in [0.4, 0.5) is 4.79 Å². The Labute approximate surface area is 117 Å². The molecule has 20 heavy (non-hydrogen) atoms. The monoisotopic (exact) mass is 288 g/mol. The molecule has 8 nitrogen and oxygen atoms in total. The molecule has 0 unspecified atom stereocenters. The SMILES string of the molecule is COC(=O)C[C@H](NC(=O)N1CCOCC1(C)C)C(=O)O. The molecule has 2 N–H and O–H groups in total. The van der Waals surface area contributed by atoms with Crippen LogP contribution in [0.5, 0.6) is 0 Å². The fourth-order valence-electron chi connectivity index (χ4n) is 1.91. The Bertz CT molecular complexity index is 395. The molecule has 8 heteroatoms. The van der Waals surface area contributed by atoms with Crippen molar-refractivity contribution >= 4 is 18.0 Å². The Morgan fingerprint density at radius 3 is 2.60 bits per heavy atom. The first-order valence-corrected chi connectivity index (χ1v) is 6.23. The lowest BCUT2D eigenvalue weighted by atomic mass is 10.0. The van der Waals surface area contributed by atoms with Gasteiger partial charge in [-0.2, -0.15) is 0 Å². The first kappa shape index (κ1) is 16.2. The number of rotatable bonds is 4. The molecule has 114 valence electrons. The number of hydrogen-bond acceptors (Lipinski definition) is 5. The molecular formula is C12H20N2O6. The lowest BCUT2D eigenvalue weighted by molar-refractivity contribution is -0.147. The minimum absolute atomic E-state index is 0.364. The van der Waals surface area contributed by atoms with E-state index < -0.39 is 36.0 Å². The summed E-state index contributed by atoms with van der Waals surface area (Å²) in [4.78, 5) is 35.9. The van der Waals surface area contributed by atoms with E-state index in [9.17, 15) is 14.4 Å². The lowest BCUT2D eigenvalue weighted by Gasteiger charge is -2.42. The van der Waals surface area contributed by atoms with Gasteiger partial charge in [-0.05, 0) is 13.8 Å². The highest BCUT2D eigenvalue weighted by Crippen LogP contribution is 2.19. The summed E-state index contributed by atoms with van der Waals surface area (Å²) in [5.74, 6) is -1.98. The fraction of sp³-hybridized carbons (Fsp3) is 0.750. The molecule has 2 amide bonds. The summed E-state index contributed by atoms with van der Waals surface area (Å²) >= 11 is 0. The van der Waals surface area contributed by atoms with Crippen molar-refractivity contribution in [1.82, 2.24) is 10.2 Å². The van der Waals surface area contributed by atoms with Crippen LogP contribution >= 0.6 is 0 Å². The average Bonchev–Trinajstić information content (AvgIpc) is 2.36. The van der Waals surface area contributed by atoms with Gasteiger partial charge in [0.05, 0.1) is 32.3 Å². The molecule has 1 aliphatic heterocycles. The zero-order valence-electron chi connectivity index (χ0n) is 11.8. The van der Waals surface area contributed by atoms with Gasteiger partial charge in [0.25, 0.3) is 0 Å². The van der Waals surface area contributed by atoms with Crippen molar-refractivity contribution < 1.29 is 29.0 Å². The second-order valence-electron chi connectivity index (χ2n) is 5.14. The van der Waals surface area contributed by atoms with Crippen LogP contribution in [0.15, 0.2) is 0 Å². The Kier molecular flexibility index (Phi) is 5.32. The topological polar surface area (TPSA) is 105 Å². The van der Waals surface area contributed by atoms with Crippen LogP contribution in [0.25, 0.3) is 0 Å². The summed E-state index contributed by atoms with van der Waals surface area (Å²) in [6, 6.07) is -1.84. The van der Waals surface area contributed by atoms with E-state index in [-0.39, 0.29) is 0 Å². The number of nitrogens with one attached hydrogen (secondary N) is 1. The van der Waals surface area contributed by atoms with Crippen molar-refractivity contribution in [1.29, 1.82) is 0 Å². The second kappa shape index (κ2) is 6.56. The Hall–Kier alpha value is -1.83. The number of carboxylic acid groups (broad SMARTS) is 1. The summed E-state index contributed by atoms with van der Waals surface area (Å²) < 4.78 is 9.70. The number of carboxylic acids is 1. The van der Waals surface area contributed by atoms with Crippen molar-refractivity contribution in [2.24, 2.45) is 0 Å². The molecular weight excluding hydrogens is 268 g/mol. The van der Waals surface area contributed by atoms with Gasteiger partial charge in [0.1, 0.15) is 6.04 Å². The maximum absolute atomic E-state index is 12.1. The Balaban J connectivity index is 2.70. The summed E-state index contributed by atoms with van der Waals surface area (Å²) in [5.41, 5.74) is -0.531. The van der Waals surface area contributed by atoms with Gasteiger partial charge in [0, 0.05) is 6.54 Å². The molecule has 0 aromatic heterocycles. The standard InChI is InChI=1S/C12H20N2O6/c1-12(2)7-20-5-4-14(12)11(18)13-8(10(16)17)6-9(15)19-3/h8H,4-7H2,1-3H3,(H,13,18)(H,16,17)/t8-/m0/s1. The van der Waals surface area contributed by atoms with E-state index in [4.69, 9.17) is 9.84 Å². The third kappa shape index (κ3) is 4.09. The molecule has 1 aliphatic rings. The summed E-state index contributed by atoms with van der Waals surface area (Å²) in [6.07, 6.45) is -0.414. The van der Waals surface area contributed by atoms with Crippen LogP contribution in [-0.4, -0.2) is 66.4 Å². The average molecular weight is 288 g/mol. The van der Waals surface area contributed by atoms with E-state index in [1.54, 1.807) is 0 Å². The third-order valence-corrected chi connectivity index (χ3v) is 3.08. The molecule has 0 bridgehead atoms. The first-order valence-electron chi connectivity index (χ1n) is 6.23. The number of carbonyl (C=O) groups is 3. The number of morpholine rings is 1. The Morgan fingerprint density at radius 1 is 1.45 bits per heavy atom. The van der Waals surface area contributed by atoms with E-state index in [0.717, 1.165) is 7.11 Å². The predicted molar refractivity (Wildman–Crippen MR) is 68.2 cm³/mol. The van der Waals surface area contributed by atoms with Crippen LogP contribution in [0.1, 0.15) is 20.3 Å².